The molecule has 0 N–H and O–H groups in total. The molecule has 0 radical (unpaired) electrons. The van der Waals surface area contributed by atoms with Crippen molar-refractivity contribution in [1.82, 2.24) is 9.80 Å². The Labute approximate surface area is 106 Å². The monoisotopic (exact) mass is 258 g/mol. The van der Waals surface area contributed by atoms with Crippen LogP contribution in [0.5, 0.6) is 0 Å². The molecule has 1 amide bonds. The minimum absolute atomic E-state index is 0.302. The summed E-state index contributed by atoms with van der Waals surface area (Å²) >= 11 is 0. The van der Waals surface area contributed by atoms with Gasteiger partial charge < -0.3 is 9.80 Å². The third kappa shape index (κ3) is 4.07. The van der Waals surface area contributed by atoms with Gasteiger partial charge in [0.15, 0.2) is 0 Å². The molecule has 2 saturated heterocycles. The second kappa shape index (κ2) is 6.50. The Bertz CT molecular complexity index is 280. The van der Waals surface area contributed by atoms with Crippen LogP contribution < -0.4 is 0 Å². The zero-order valence-corrected chi connectivity index (χ0v) is 11.2. The van der Waals surface area contributed by atoms with Crippen LogP contribution in [0.25, 0.3) is 0 Å². The molecule has 0 aromatic rings. The van der Waals surface area contributed by atoms with Crippen LogP contribution in [-0.4, -0.2) is 64.1 Å². The SMILES string of the molecule is O=C(CCN1CCS(=O)CC1)N1CCCCC1. The number of likely N-dealkylation sites (tertiary alicyclic amines) is 1. The summed E-state index contributed by atoms with van der Waals surface area (Å²) in [6, 6.07) is 0. The second-order valence-corrected chi connectivity index (χ2v) is 6.58. The van der Waals surface area contributed by atoms with Crippen molar-refractivity contribution in [2.75, 3.05) is 44.2 Å². The van der Waals surface area contributed by atoms with Gasteiger partial charge in [0.2, 0.25) is 5.91 Å². The summed E-state index contributed by atoms with van der Waals surface area (Å²) in [7, 11) is -0.616. The molecule has 0 aromatic carbocycles. The Morgan fingerprint density at radius 1 is 1.00 bits per heavy atom. The molecule has 2 aliphatic rings. The van der Waals surface area contributed by atoms with E-state index >= 15 is 0 Å². The lowest BCUT2D eigenvalue weighted by Gasteiger charge is -2.29. The number of amides is 1. The Hall–Kier alpha value is -0.420. The summed E-state index contributed by atoms with van der Waals surface area (Å²) in [6.07, 6.45) is 4.22. The highest BCUT2D eigenvalue weighted by Gasteiger charge is 2.19. The van der Waals surface area contributed by atoms with Gasteiger partial charge in [0.25, 0.3) is 0 Å². The van der Waals surface area contributed by atoms with E-state index in [9.17, 15) is 9.00 Å². The van der Waals surface area contributed by atoms with Gasteiger partial charge in [-0.05, 0) is 19.3 Å². The molecule has 0 aromatic heterocycles. The van der Waals surface area contributed by atoms with E-state index in [0.717, 1.165) is 57.1 Å². The van der Waals surface area contributed by atoms with E-state index in [4.69, 9.17) is 0 Å². The van der Waals surface area contributed by atoms with Gasteiger partial charge >= 0.3 is 0 Å². The van der Waals surface area contributed by atoms with E-state index < -0.39 is 10.8 Å². The lowest BCUT2D eigenvalue weighted by molar-refractivity contribution is -0.132. The third-order valence-corrected chi connectivity index (χ3v) is 4.90. The summed E-state index contributed by atoms with van der Waals surface area (Å²) in [4.78, 5) is 16.2. The quantitative estimate of drug-likeness (QED) is 0.738. The van der Waals surface area contributed by atoms with Gasteiger partial charge in [0.1, 0.15) is 0 Å². The first-order valence-corrected chi connectivity index (χ1v) is 8.09. The van der Waals surface area contributed by atoms with Crippen LogP contribution in [0.15, 0.2) is 0 Å². The van der Waals surface area contributed by atoms with Gasteiger partial charge in [-0.2, -0.15) is 0 Å². The van der Waals surface area contributed by atoms with Crippen molar-refractivity contribution < 1.29 is 9.00 Å². The van der Waals surface area contributed by atoms with Crippen molar-refractivity contribution in [3.63, 3.8) is 0 Å². The highest BCUT2D eigenvalue weighted by atomic mass is 32.2. The molecule has 0 spiro atoms. The van der Waals surface area contributed by atoms with E-state index in [2.05, 4.69) is 4.90 Å². The van der Waals surface area contributed by atoms with E-state index in [1.54, 1.807) is 0 Å². The Kier molecular flexibility index (Phi) is 4.98. The van der Waals surface area contributed by atoms with Crippen molar-refractivity contribution in [2.24, 2.45) is 0 Å². The van der Waals surface area contributed by atoms with Crippen molar-refractivity contribution >= 4 is 16.7 Å². The third-order valence-electron chi connectivity index (χ3n) is 3.62. The highest BCUT2D eigenvalue weighted by molar-refractivity contribution is 7.85. The van der Waals surface area contributed by atoms with Crippen molar-refractivity contribution in [3.05, 3.63) is 0 Å². The van der Waals surface area contributed by atoms with Crippen LogP contribution in [0.3, 0.4) is 0 Å². The van der Waals surface area contributed by atoms with Crippen LogP contribution in [0.1, 0.15) is 25.7 Å². The first-order chi connectivity index (χ1) is 8.25. The maximum absolute atomic E-state index is 11.9. The van der Waals surface area contributed by atoms with Crippen molar-refractivity contribution in [1.29, 1.82) is 0 Å². The fourth-order valence-corrected chi connectivity index (χ4v) is 3.58. The first-order valence-electron chi connectivity index (χ1n) is 6.61. The van der Waals surface area contributed by atoms with Gasteiger partial charge in [-0.25, -0.2) is 0 Å². The molecular formula is C12H22N2O2S. The molecule has 2 aliphatic heterocycles. The van der Waals surface area contributed by atoms with Crippen LogP contribution >= 0.6 is 0 Å². The molecule has 2 heterocycles. The number of hydrogen-bond donors (Lipinski definition) is 0. The summed E-state index contributed by atoms with van der Waals surface area (Å²) in [6.45, 7) is 4.51. The molecule has 98 valence electrons. The van der Waals surface area contributed by atoms with Gasteiger partial charge in [-0.1, -0.05) is 0 Å². The van der Waals surface area contributed by atoms with E-state index in [0.29, 0.717) is 12.3 Å². The number of nitrogens with zero attached hydrogens (tertiary/aromatic N) is 2. The van der Waals surface area contributed by atoms with Crippen molar-refractivity contribution in [3.8, 4) is 0 Å². The fourth-order valence-electron chi connectivity index (χ4n) is 2.45. The zero-order valence-electron chi connectivity index (χ0n) is 10.4. The molecule has 4 nitrogen and oxygen atoms in total. The molecule has 0 saturated carbocycles. The Morgan fingerprint density at radius 3 is 2.29 bits per heavy atom. The fraction of sp³-hybridized carbons (Fsp3) is 0.917. The maximum Gasteiger partial charge on any atom is 0.223 e. The van der Waals surface area contributed by atoms with Crippen LogP contribution in [0.4, 0.5) is 0 Å². The summed E-state index contributed by atoms with van der Waals surface area (Å²) < 4.78 is 11.2. The summed E-state index contributed by atoms with van der Waals surface area (Å²) in [5.74, 6) is 1.85. The van der Waals surface area contributed by atoms with Gasteiger partial charge in [0, 0.05) is 61.4 Å². The molecule has 0 aliphatic carbocycles. The molecule has 0 bridgehead atoms. The lowest BCUT2D eigenvalue weighted by atomic mass is 10.1. The predicted molar refractivity (Wildman–Crippen MR) is 69.4 cm³/mol. The lowest BCUT2D eigenvalue weighted by Crippen LogP contribution is -2.41. The topological polar surface area (TPSA) is 40.6 Å². The van der Waals surface area contributed by atoms with Gasteiger partial charge in [0.05, 0.1) is 0 Å². The second-order valence-electron chi connectivity index (χ2n) is 4.88. The molecule has 0 atom stereocenters. The first kappa shape index (κ1) is 13.0. The number of carbonyl (C=O) groups excluding carboxylic acids is 1. The van der Waals surface area contributed by atoms with Crippen LogP contribution in [0.2, 0.25) is 0 Å². The molecule has 5 heteroatoms. The Balaban J connectivity index is 1.67. The predicted octanol–water partition coefficient (Wildman–Crippen LogP) is 0.453. The maximum atomic E-state index is 11.9. The minimum atomic E-state index is -0.616. The van der Waals surface area contributed by atoms with Crippen LogP contribution in [-0.2, 0) is 15.6 Å². The van der Waals surface area contributed by atoms with Gasteiger partial charge in [-0.15, -0.1) is 0 Å². The summed E-state index contributed by atoms with van der Waals surface area (Å²) in [5.41, 5.74) is 0. The van der Waals surface area contributed by atoms with E-state index in [1.165, 1.54) is 6.42 Å². The molecule has 2 fully saturated rings. The average molecular weight is 258 g/mol. The standard InChI is InChI=1S/C12H22N2O2S/c15-12(14-5-2-1-3-6-14)4-7-13-8-10-17(16)11-9-13/h1-11H2. The van der Waals surface area contributed by atoms with E-state index in [1.807, 2.05) is 4.90 Å². The molecular weight excluding hydrogens is 236 g/mol. The van der Waals surface area contributed by atoms with Gasteiger partial charge in [-0.3, -0.25) is 9.00 Å². The number of hydrogen-bond acceptors (Lipinski definition) is 3. The molecule has 17 heavy (non-hydrogen) atoms. The average Bonchev–Trinajstić information content (AvgIpc) is 2.39. The molecule has 0 unspecified atom stereocenters. The van der Waals surface area contributed by atoms with Crippen molar-refractivity contribution in [2.45, 2.75) is 25.7 Å². The number of rotatable bonds is 3. The minimum Gasteiger partial charge on any atom is -0.343 e. The molecule has 2 rings (SSSR count). The highest BCUT2D eigenvalue weighted by Crippen LogP contribution is 2.10. The number of carbonyl (C=O) groups is 1. The summed E-state index contributed by atoms with van der Waals surface area (Å²) in [5, 5.41) is 0. The zero-order chi connectivity index (χ0) is 12.1. The number of piperidine rings is 1. The Morgan fingerprint density at radius 2 is 1.65 bits per heavy atom. The normalized spacial score (nSPS) is 23.9. The smallest absolute Gasteiger partial charge is 0.223 e. The van der Waals surface area contributed by atoms with E-state index in [-0.39, 0.29) is 0 Å². The largest absolute Gasteiger partial charge is 0.343 e. The van der Waals surface area contributed by atoms with Crippen LogP contribution in [0, 0.1) is 0 Å².